The Morgan fingerprint density at radius 3 is 2.68 bits per heavy atom. The summed E-state index contributed by atoms with van der Waals surface area (Å²) in [5.74, 6) is -2.68. The van der Waals surface area contributed by atoms with E-state index in [-0.39, 0.29) is 24.1 Å². The molecule has 1 aromatic carbocycles. The minimum atomic E-state index is -1.48. The number of rotatable bonds is 5. The van der Waals surface area contributed by atoms with Gasteiger partial charge in [0, 0.05) is 31.9 Å². The molecule has 1 saturated heterocycles. The van der Waals surface area contributed by atoms with Gasteiger partial charge >= 0.3 is 0 Å². The molecule has 0 spiro atoms. The van der Waals surface area contributed by atoms with Crippen molar-refractivity contribution >= 4 is 23.4 Å². The number of hydrogen-bond donors (Lipinski definition) is 1. The van der Waals surface area contributed by atoms with Crippen LogP contribution in [0.15, 0.2) is 30.7 Å². The van der Waals surface area contributed by atoms with Gasteiger partial charge in [-0.1, -0.05) is 12.8 Å². The highest BCUT2D eigenvalue weighted by Crippen LogP contribution is 2.36. The molecular formula is C23H24F3N7O. The van der Waals surface area contributed by atoms with E-state index in [4.69, 9.17) is 4.98 Å². The number of hydrogen-bond acceptors (Lipinski definition) is 6. The van der Waals surface area contributed by atoms with Crippen molar-refractivity contribution < 1.29 is 18.0 Å². The molecule has 1 unspecified atom stereocenters. The minimum absolute atomic E-state index is 0.0760. The van der Waals surface area contributed by atoms with Crippen molar-refractivity contribution in [1.82, 2.24) is 19.7 Å². The van der Waals surface area contributed by atoms with Crippen LogP contribution in [0, 0.1) is 17.5 Å². The zero-order chi connectivity index (χ0) is 23.8. The van der Waals surface area contributed by atoms with Crippen molar-refractivity contribution in [2.24, 2.45) is 0 Å². The van der Waals surface area contributed by atoms with Crippen molar-refractivity contribution in [2.45, 2.75) is 44.8 Å². The third-order valence-corrected chi connectivity index (χ3v) is 6.28. The number of halogens is 3. The molecule has 1 fully saturated rings. The molecule has 178 valence electrons. The predicted molar refractivity (Wildman–Crippen MR) is 120 cm³/mol. The van der Waals surface area contributed by atoms with Crippen molar-refractivity contribution in [3.63, 3.8) is 0 Å². The van der Waals surface area contributed by atoms with Gasteiger partial charge in [0.1, 0.15) is 11.7 Å². The van der Waals surface area contributed by atoms with Gasteiger partial charge in [-0.05, 0) is 30.5 Å². The molecule has 2 aliphatic heterocycles. The van der Waals surface area contributed by atoms with Crippen LogP contribution in [0.3, 0.4) is 0 Å². The number of nitrogens with one attached hydrogen (secondary N) is 1. The molecule has 0 bridgehead atoms. The van der Waals surface area contributed by atoms with E-state index < -0.39 is 17.5 Å². The van der Waals surface area contributed by atoms with Gasteiger partial charge in [-0.15, -0.1) is 0 Å². The van der Waals surface area contributed by atoms with Crippen LogP contribution in [0.5, 0.6) is 0 Å². The lowest BCUT2D eigenvalue weighted by atomic mass is 10.1. The van der Waals surface area contributed by atoms with Crippen LogP contribution < -0.4 is 15.1 Å². The molecule has 1 atom stereocenters. The maximum atomic E-state index is 13.5. The summed E-state index contributed by atoms with van der Waals surface area (Å²) in [6, 6.07) is 1.72. The summed E-state index contributed by atoms with van der Waals surface area (Å²) in [4.78, 5) is 25.6. The quantitative estimate of drug-likeness (QED) is 0.574. The van der Waals surface area contributed by atoms with Crippen LogP contribution in [0.2, 0.25) is 0 Å². The van der Waals surface area contributed by atoms with Crippen molar-refractivity contribution in [3.8, 4) is 0 Å². The van der Waals surface area contributed by atoms with Gasteiger partial charge in [0.15, 0.2) is 23.3 Å². The van der Waals surface area contributed by atoms with Crippen LogP contribution in [0.25, 0.3) is 0 Å². The molecule has 11 heteroatoms. The van der Waals surface area contributed by atoms with E-state index in [0.717, 1.165) is 55.7 Å². The molecule has 4 heterocycles. The fourth-order valence-corrected chi connectivity index (χ4v) is 4.51. The summed E-state index contributed by atoms with van der Waals surface area (Å²) < 4.78 is 41.6. The Morgan fingerprint density at radius 2 is 1.88 bits per heavy atom. The summed E-state index contributed by atoms with van der Waals surface area (Å²) in [5, 5.41) is 7.38. The second kappa shape index (κ2) is 8.96. The Labute approximate surface area is 194 Å². The number of amides is 1. The molecule has 1 amide bonds. The first-order chi connectivity index (χ1) is 16.4. The zero-order valence-electron chi connectivity index (χ0n) is 18.6. The lowest BCUT2D eigenvalue weighted by Crippen LogP contribution is -2.52. The van der Waals surface area contributed by atoms with Crippen molar-refractivity contribution in [2.75, 3.05) is 28.7 Å². The number of likely N-dealkylation sites (N-methyl/N-ethyl adjacent to an activating group) is 1. The highest BCUT2D eigenvalue weighted by molar-refractivity contribution is 6.04. The third kappa shape index (κ3) is 4.17. The second-order valence-corrected chi connectivity index (χ2v) is 8.63. The standard InChI is InChI=1S/C23H24F3N7O/c1-31-19-11-28-23(30-21(19)33-6-4-2-3-5-18(33)22(31)34)27-9-15-10-29-32(13-15)12-14-7-16(24)20(26)17(25)8-14/h7-8,10-11,13,18H,2-6,9,12H2,1H3,(H,27,28,30). The van der Waals surface area contributed by atoms with Crippen LogP contribution in [0.1, 0.15) is 36.8 Å². The number of nitrogens with zero attached hydrogens (tertiary/aromatic N) is 6. The number of anilines is 3. The van der Waals surface area contributed by atoms with Gasteiger partial charge in [-0.2, -0.15) is 10.1 Å². The maximum Gasteiger partial charge on any atom is 0.249 e. The average Bonchev–Trinajstić information content (AvgIpc) is 3.11. The topological polar surface area (TPSA) is 79.2 Å². The Bertz CT molecular complexity index is 1210. The molecule has 0 radical (unpaired) electrons. The first-order valence-electron chi connectivity index (χ1n) is 11.2. The van der Waals surface area contributed by atoms with E-state index in [1.165, 1.54) is 4.68 Å². The van der Waals surface area contributed by atoms with Gasteiger partial charge in [0.05, 0.1) is 18.9 Å². The van der Waals surface area contributed by atoms with Crippen molar-refractivity contribution in [1.29, 1.82) is 0 Å². The van der Waals surface area contributed by atoms with Gasteiger partial charge < -0.3 is 15.1 Å². The molecule has 2 aromatic heterocycles. The van der Waals surface area contributed by atoms with E-state index in [0.29, 0.717) is 18.2 Å². The SMILES string of the molecule is CN1C(=O)C2CCCCCN2c2nc(NCc3cnn(Cc4cc(F)c(F)c(F)c4)c3)ncc21. The molecule has 8 nitrogen and oxygen atoms in total. The van der Waals surface area contributed by atoms with E-state index in [9.17, 15) is 18.0 Å². The molecule has 5 rings (SSSR count). The molecule has 3 aromatic rings. The molecule has 0 aliphatic carbocycles. The monoisotopic (exact) mass is 471 g/mol. The summed E-state index contributed by atoms with van der Waals surface area (Å²) in [6.45, 7) is 1.26. The van der Waals surface area contributed by atoms with Crippen LogP contribution in [0.4, 0.5) is 30.6 Å². The number of aromatic nitrogens is 4. The molecule has 1 N–H and O–H groups in total. The Balaban J connectivity index is 1.29. The minimum Gasteiger partial charge on any atom is -0.350 e. The van der Waals surface area contributed by atoms with E-state index in [1.54, 1.807) is 30.5 Å². The number of carbonyl (C=O) groups excluding carboxylic acids is 1. The normalized spacial score (nSPS) is 17.9. The second-order valence-electron chi connectivity index (χ2n) is 8.63. The highest BCUT2D eigenvalue weighted by atomic mass is 19.2. The summed E-state index contributed by atoms with van der Waals surface area (Å²) in [5.41, 5.74) is 1.77. The summed E-state index contributed by atoms with van der Waals surface area (Å²) in [7, 11) is 1.76. The highest BCUT2D eigenvalue weighted by Gasteiger charge is 2.38. The lowest BCUT2D eigenvalue weighted by Gasteiger charge is -2.39. The van der Waals surface area contributed by atoms with Crippen molar-refractivity contribution in [3.05, 3.63) is 59.3 Å². The Kier molecular flexibility index (Phi) is 5.84. The summed E-state index contributed by atoms with van der Waals surface area (Å²) in [6.07, 6.45) is 8.95. The average molecular weight is 471 g/mol. The first kappa shape index (κ1) is 22.2. The van der Waals surface area contributed by atoms with E-state index in [1.807, 2.05) is 0 Å². The van der Waals surface area contributed by atoms with Crippen LogP contribution >= 0.6 is 0 Å². The molecular weight excluding hydrogens is 447 g/mol. The molecule has 34 heavy (non-hydrogen) atoms. The van der Waals surface area contributed by atoms with Crippen LogP contribution in [-0.2, 0) is 17.9 Å². The number of carbonyl (C=O) groups is 1. The summed E-state index contributed by atoms with van der Waals surface area (Å²) >= 11 is 0. The zero-order valence-corrected chi connectivity index (χ0v) is 18.6. The Hall–Kier alpha value is -3.63. The van der Waals surface area contributed by atoms with Gasteiger partial charge in [-0.3, -0.25) is 9.48 Å². The fourth-order valence-electron chi connectivity index (χ4n) is 4.51. The van der Waals surface area contributed by atoms with Crippen LogP contribution in [-0.4, -0.2) is 45.3 Å². The third-order valence-electron chi connectivity index (χ3n) is 6.28. The van der Waals surface area contributed by atoms with Gasteiger partial charge in [-0.25, -0.2) is 18.2 Å². The predicted octanol–water partition coefficient (Wildman–Crippen LogP) is 3.48. The molecule has 0 saturated carbocycles. The first-order valence-corrected chi connectivity index (χ1v) is 11.2. The van der Waals surface area contributed by atoms with E-state index >= 15 is 0 Å². The van der Waals surface area contributed by atoms with Gasteiger partial charge in [0.2, 0.25) is 11.9 Å². The lowest BCUT2D eigenvalue weighted by molar-refractivity contribution is -0.120. The maximum absolute atomic E-state index is 13.5. The van der Waals surface area contributed by atoms with Gasteiger partial charge in [0.25, 0.3) is 0 Å². The number of benzene rings is 1. The smallest absolute Gasteiger partial charge is 0.249 e. The largest absolute Gasteiger partial charge is 0.350 e. The molecule has 2 aliphatic rings. The fraction of sp³-hybridized carbons (Fsp3) is 0.391. The number of fused-ring (bicyclic) bond motifs is 3. The van der Waals surface area contributed by atoms with E-state index in [2.05, 4.69) is 20.3 Å². The Morgan fingerprint density at radius 1 is 1.09 bits per heavy atom.